The molecule has 1 saturated heterocycles. The van der Waals surface area contributed by atoms with Crippen molar-refractivity contribution in [2.75, 3.05) is 26.3 Å². The van der Waals surface area contributed by atoms with E-state index in [4.69, 9.17) is 13.9 Å². The van der Waals surface area contributed by atoms with E-state index in [0.717, 1.165) is 41.1 Å². The van der Waals surface area contributed by atoms with Gasteiger partial charge in [-0.25, -0.2) is 9.78 Å². The van der Waals surface area contributed by atoms with Gasteiger partial charge in [0.15, 0.2) is 18.1 Å². The van der Waals surface area contributed by atoms with E-state index in [1.807, 2.05) is 48.5 Å². The number of amides is 1. The van der Waals surface area contributed by atoms with E-state index < -0.39 is 5.97 Å². The average Bonchev–Trinajstić information content (AvgIpc) is 3.26. The Morgan fingerprint density at radius 2 is 1.84 bits per heavy atom. The summed E-state index contributed by atoms with van der Waals surface area (Å²) in [5.41, 5.74) is 2.87. The van der Waals surface area contributed by atoms with Crippen molar-refractivity contribution in [3.63, 3.8) is 0 Å². The number of oxazole rings is 1. The monoisotopic (exact) mass is 418 g/mol. The Kier molecular flexibility index (Phi) is 5.16. The Morgan fingerprint density at radius 3 is 2.68 bits per heavy atom. The third-order valence-corrected chi connectivity index (χ3v) is 5.73. The van der Waals surface area contributed by atoms with Gasteiger partial charge in [0.25, 0.3) is 5.91 Å². The molecule has 0 aliphatic carbocycles. The van der Waals surface area contributed by atoms with Gasteiger partial charge >= 0.3 is 5.97 Å². The summed E-state index contributed by atoms with van der Waals surface area (Å²) in [5, 5.41) is 0. The molecule has 31 heavy (non-hydrogen) atoms. The lowest BCUT2D eigenvalue weighted by atomic mass is 9.97. The number of ether oxygens (including phenoxy) is 2. The molecule has 2 aliphatic rings. The summed E-state index contributed by atoms with van der Waals surface area (Å²) in [6.07, 6.45) is 3.28. The van der Waals surface area contributed by atoms with Crippen molar-refractivity contribution < 1.29 is 23.5 Å². The number of carbonyl (C=O) groups excluding carboxylic acids is 2. The number of fused-ring (bicyclic) bond motifs is 2. The number of esters is 1. The van der Waals surface area contributed by atoms with Crippen molar-refractivity contribution in [1.29, 1.82) is 0 Å². The second-order valence-corrected chi connectivity index (χ2v) is 7.75. The molecular weight excluding hydrogens is 396 g/mol. The summed E-state index contributed by atoms with van der Waals surface area (Å²) in [6, 6.07) is 15.2. The molecule has 0 atom stereocenters. The van der Waals surface area contributed by atoms with Crippen molar-refractivity contribution in [1.82, 2.24) is 9.88 Å². The van der Waals surface area contributed by atoms with E-state index in [1.165, 1.54) is 0 Å². The summed E-state index contributed by atoms with van der Waals surface area (Å²) in [5.74, 6) is 0.927. The Balaban J connectivity index is 1.13. The average molecular weight is 418 g/mol. The molecule has 3 heterocycles. The molecular formula is C24H22N2O5. The van der Waals surface area contributed by atoms with Crippen LogP contribution in [0.2, 0.25) is 0 Å². The van der Waals surface area contributed by atoms with E-state index in [1.54, 1.807) is 11.0 Å². The fraction of sp³-hybridized carbons (Fsp3) is 0.292. The minimum atomic E-state index is -0.524. The second-order valence-electron chi connectivity index (χ2n) is 7.75. The molecule has 0 bridgehead atoms. The number of aromatic nitrogens is 1. The van der Waals surface area contributed by atoms with Crippen LogP contribution < -0.4 is 4.74 Å². The molecule has 1 fully saturated rings. The van der Waals surface area contributed by atoms with Crippen LogP contribution >= 0.6 is 0 Å². The maximum Gasteiger partial charge on any atom is 0.338 e. The summed E-state index contributed by atoms with van der Waals surface area (Å²) in [4.78, 5) is 31.2. The molecule has 0 spiro atoms. The molecule has 2 aliphatic heterocycles. The first-order valence-corrected chi connectivity index (χ1v) is 10.4. The van der Waals surface area contributed by atoms with Crippen LogP contribution in [0.5, 0.6) is 5.75 Å². The summed E-state index contributed by atoms with van der Waals surface area (Å²) in [6.45, 7) is 1.03. The fourth-order valence-corrected chi connectivity index (χ4v) is 3.99. The molecule has 3 aromatic rings. The zero-order chi connectivity index (χ0) is 21.2. The molecule has 158 valence electrons. The summed E-state index contributed by atoms with van der Waals surface area (Å²) < 4.78 is 16.7. The van der Waals surface area contributed by atoms with E-state index in [9.17, 15) is 9.59 Å². The topological polar surface area (TPSA) is 81.9 Å². The zero-order valence-electron chi connectivity index (χ0n) is 17.0. The van der Waals surface area contributed by atoms with Crippen molar-refractivity contribution >= 4 is 29.1 Å². The number of nitrogens with zero attached hydrogens (tertiary/aromatic N) is 2. The highest BCUT2D eigenvalue weighted by Crippen LogP contribution is 2.30. The van der Waals surface area contributed by atoms with Gasteiger partial charge in [-0.2, -0.15) is 0 Å². The van der Waals surface area contributed by atoms with Crippen molar-refractivity contribution in [2.24, 2.45) is 0 Å². The van der Waals surface area contributed by atoms with Crippen LogP contribution in [0.15, 0.2) is 58.5 Å². The first kappa shape index (κ1) is 19.4. The number of hydrogen-bond acceptors (Lipinski definition) is 6. The molecule has 1 aromatic heterocycles. The van der Waals surface area contributed by atoms with E-state index in [-0.39, 0.29) is 25.0 Å². The van der Waals surface area contributed by atoms with Gasteiger partial charge in [0.1, 0.15) is 17.9 Å². The van der Waals surface area contributed by atoms with Gasteiger partial charge in [-0.15, -0.1) is 0 Å². The van der Waals surface area contributed by atoms with E-state index >= 15 is 0 Å². The third-order valence-electron chi connectivity index (χ3n) is 5.73. The standard InChI is InChI=1S/C24H22N2O5/c27-22(15-30-24(28)18-13-17-5-1-3-7-20(17)29-14-18)26-11-9-16(10-12-26)23-25-19-6-2-4-8-21(19)31-23/h1-8,13,16H,9-12,14-15H2. The van der Waals surface area contributed by atoms with Gasteiger partial charge in [0, 0.05) is 24.6 Å². The molecule has 5 rings (SSSR count). The maximum atomic E-state index is 12.5. The fourth-order valence-electron chi connectivity index (χ4n) is 3.99. The maximum absolute atomic E-state index is 12.5. The molecule has 7 nitrogen and oxygen atoms in total. The molecule has 2 aromatic carbocycles. The highest BCUT2D eigenvalue weighted by Gasteiger charge is 2.28. The number of carbonyl (C=O) groups is 2. The number of hydrogen-bond donors (Lipinski definition) is 0. The van der Waals surface area contributed by atoms with Crippen LogP contribution in [0.25, 0.3) is 17.2 Å². The lowest BCUT2D eigenvalue weighted by Gasteiger charge is -2.30. The molecule has 0 unspecified atom stereocenters. The Morgan fingerprint density at radius 1 is 1.06 bits per heavy atom. The van der Waals surface area contributed by atoms with Gasteiger partial charge in [-0.05, 0) is 37.1 Å². The lowest BCUT2D eigenvalue weighted by molar-refractivity contribution is -0.149. The number of para-hydroxylation sites is 3. The second kappa shape index (κ2) is 8.26. The van der Waals surface area contributed by atoms with Crippen LogP contribution in [0.4, 0.5) is 0 Å². The van der Waals surface area contributed by atoms with Crippen molar-refractivity contribution in [3.05, 3.63) is 65.6 Å². The largest absolute Gasteiger partial charge is 0.488 e. The van der Waals surface area contributed by atoms with Gasteiger partial charge in [0.05, 0.1) is 5.57 Å². The minimum absolute atomic E-state index is 0.139. The SMILES string of the molecule is O=C(OCC(=O)N1CCC(c2nc3ccccc3o2)CC1)C1=Cc2ccccc2OC1. The lowest BCUT2D eigenvalue weighted by Crippen LogP contribution is -2.40. The summed E-state index contributed by atoms with van der Waals surface area (Å²) >= 11 is 0. The zero-order valence-corrected chi connectivity index (χ0v) is 17.0. The van der Waals surface area contributed by atoms with E-state index in [2.05, 4.69) is 4.98 Å². The van der Waals surface area contributed by atoms with Crippen molar-refractivity contribution in [2.45, 2.75) is 18.8 Å². The normalized spacial score (nSPS) is 16.4. The first-order valence-electron chi connectivity index (χ1n) is 10.4. The van der Waals surface area contributed by atoms with Crippen LogP contribution in [0, 0.1) is 0 Å². The van der Waals surface area contributed by atoms with Gasteiger partial charge in [0.2, 0.25) is 0 Å². The molecule has 7 heteroatoms. The predicted octanol–water partition coefficient (Wildman–Crippen LogP) is 3.55. The third kappa shape index (κ3) is 4.03. The van der Waals surface area contributed by atoms with Crippen LogP contribution in [-0.2, 0) is 14.3 Å². The molecule has 0 radical (unpaired) electrons. The Hall–Kier alpha value is -3.61. The first-order chi connectivity index (χ1) is 15.2. The number of piperidine rings is 1. The van der Waals surface area contributed by atoms with Crippen molar-refractivity contribution in [3.8, 4) is 5.75 Å². The van der Waals surface area contributed by atoms with Gasteiger partial charge in [-0.1, -0.05) is 30.3 Å². The Labute approximate surface area is 179 Å². The highest BCUT2D eigenvalue weighted by molar-refractivity contribution is 5.96. The molecule has 0 N–H and O–H groups in total. The van der Waals surface area contributed by atoms with Gasteiger partial charge < -0.3 is 18.8 Å². The quantitative estimate of drug-likeness (QED) is 0.603. The molecule has 0 saturated carbocycles. The predicted molar refractivity (Wildman–Crippen MR) is 113 cm³/mol. The summed E-state index contributed by atoms with van der Waals surface area (Å²) in [7, 11) is 0. The molecule has 1 amide bonds. The highest BCUT2D eigenvalue weighted by atomic mass is 16.5. The van der Waals surface area contributed by atoms with Crippen LogP contribution in [-0.4, -0.2) is 48.1 Å². The van der Waals surface area contributed by atoms with Crippen LogP contribution in [0.1, 0.15) is 30.2 Å². The minimum Gasteiger partial charge on any atom is -0.488 e. The number of benzene rings is 2. The number of rotatable bonds is 4. The Bertz CT molecular complexity index is 1120. The smallest absolute Gasteiger partial charge is 0.338 e. The van der Waals surface area contributed by atoms with Crippen LogP contribution in [0.3, 0.4) is 0 Å². The van der Waals surface area contributed by atoms with E-state index in [0.29, 0.717) is 18.7 Å². The number of likely N-dealkylation sites (tertiary alicyclic amines) is 1. The van der Waals surface area contributed by atoms with Gasteiger partial charge in [-0.3, -0.25) is 4.79 Å².